The molecule has 2 atom stereocenters. The molecule has 4 heteroatoms. The average molecular weight is 291 g/mol. The van der Waals surface area contributed by atoms with E-state index in [1.807, 2.05) is 0 Å². The summed E-state index contributed by atoms with van der Waals surface area (Å²) in [6.07, 6.45) is 3.23. The number of nitrogens with one attached hydrogen (secondary N) is 1. The van der Waals surface area contributed by atoms with Crippen LogP contribution in [0.2, 0.25) is 0 Å². The van der Waals surface area contributed by atoms with E-state index in [9.17, 15) is 5.11 Å². The molecule has 0 amide bonds. The van der Waals surface area contributed by atoms with Crippen molar-refractivity contribution in [3.05, 3.63) is 34.9 Å². The predicted octanol–water partition coefficient (Wildman–Crippen LogP) is 1.64. The van der Waals surface area contributed by atoms with E-state index < -0.39 is 0 Å². The van der Waals surface area contributed by atoms with Crippen molar-refractivity contribution in [3.8, 4) is 0 Å². The molecule has 4 nitrogen and oxygen atoms in total. The number of aliphatic hydroxyl groups is 1. The Morgan fingerprint density at radius 3 is 3.05 bits per heavy atom. The molecular weight excluding hydrogens is 266 g/mol. The van der Waals surface area contributed by atoms with Gasteiger partial charge in [0.15, 0.2) is 0 Å². The van der Waals surface area contributed by atoms with Crippen LogP contribution in [0.1, 0.15) is 29.5 Å². The Bertz CT molecular complexity index is 457. The largest absolute Gasteiger partial charge is 0.395 e. The molecule has 1 fully saturated rings. The van der Waals surface area contributed by atoms with Gasteiger partial charge < -0.3 is 19.9 Å². The van der Waals surface area contributed by atoms with Gasteiger partial charge in [0, 0.05) is 19.2 Å². The molecule has 2 unspecified atom stereocenters. The molecule has 1 saturated heterocycles. The fourth-order valence-electron chi connectivity index (χ4n) is 3.37. The highest BCUT2D eigenvalue weighted by Crippen LogP contribution is 2.22. The molecule has 2 aliphatic rings. The van der Waals surface area contributed by atoms with Crippen molar-refractivity contribution in [2.45, 2.75) is 38.5 Å². The maximum Gasteiger partial charge on any atom is 0.0719 e. The monoisotopic (exact) mass is 291 g/mol. The number of aliphatic hydroxyl groups excluding tert-OH is 1. The van der Waals surface area contributed by atoms with Crippen molar-refractivity contribution in [1.82, 2.24) is 5.32 Å². The van der Waals surface area contributed by atoms with Crippen LogP contribution in [0.4, 0.5) is 0 Å². The fraction of sp³-hybridized carbons (Fsp3) is 0.647. The molecule has 1 aromatic rings. The van der Waals surface area contributed by atoms with Gasteiger partial charge >= 0.3 is 0 Å². The van der Waals surface area contributed by atoms with Gasteiger partial charge in [0.2, 0.25) is 0 Å². The van der Waals surface area contributed by atoms with Crippen LogP contribution >= 0.6 is 0 Å². The number of fused-ring (bicyclic) bond motifs is 1. The predicted molar refractivity (Wildman–Crippen MR) is 81.1 cm³/mol. The number of hydrogen-bond acceptors (Lipinski definition) is 4. The van der Waals surface area contributed by atoms with Crippen LogP contribution in [-0.4, -0.2) is 37.6 Å². The second kappa shape index (κ2) is 7.36. The van der Waals surface area contributed by atoms with Gasteiger partial charge in [0.05, 0.1) is 26.4 Å². The first-order valence-corrected chi connectivity index (χ1v) is 7.98. The quantitative estimate of drug-likeness (QED) is 0.866. The van der Waals surface area contributed by atoms with E-state index in [4.69, 9.17) is 9.47 Å². The summed E-state index contributed by atoms with van der Waals surface area (Å²) in [7, 11) is 0. The first kappa shape index (κ1) is 15.0. The van der Waals surface area contributed by atoms with Gasteiger partial charge in [0.25, 0.3) is 0 Å². The zero-order valence-electron chi connectivity index (χ0n) is 12.5. The summed E-state index contributed by atoms with van der Waals surface area (Å²) in [6, 6.07) is 6.56. The van der Waals surface area contributed by atoms with Crippen LogP contribution in [0.3, 0.4) is 0 Å². The Balaban J connectivity index is 1.63. The maximum atomic E-state index is 9.66. The number of hydrogen-bond donors (Lipinski definition) is 2. The lowest BCUT2D eigenvalue weighted by Crippen LogP contribution is -2.42. The third kappa shape index (κ3) is 3.64. The molecule has 0 spiro atoms. The minimum absolute atomic E-state index is 0.126. The molecule has 0 saturated carbocycles. The molecular formula is C17H25NO3. The van der Waals surface area contributed by atoms with E-state index in [-0.39, 0.29) is 12.6 Å². The number of ether oxygens (including phenoxy) is 2. The molecule has 0 aliphatic carbocycles. The van der Waals surface area contributed by atoms with Crippen molar-refractivity contribution in [3.63, 3.8) is 0 Å². The lowest BCUT2D eigenvalue weighted by Gasteiger charge is -2.30. The summed E-state index contributed by atoms with van der Waals surface area (Å²) < 4.78 is 11.1. The minimum atomic E-state index is 0.126. The normalized spacial score (nSPS) is 23.6. The van der Waals surface area contributed by atoms with Gasteiger partial charge in [0.1, 0.15) is 0 Å². The fourth-order valence-corrected chi connectivity index (χ4v) is 3.37. The Morgan fingerprint density at radius 1 is 1.29 bits per heavy atom. The van der Waals surface area contributed by atoms with Crippen molar-refractivity contribution < 1.29 is 14.6 Å². The van der Waals surface area contributed by atoms with Crippen LogP contribution in [-0.2, 0) is 29.0 Å². The smallest absolute Gasteiger partial charge is 0.0719 e. The van der Waals surface area contributed by atoms with E-state index in [1.54, 1.807) is 0 Å². The van der Waals surface area contributed by atoms with Crippen molar-refractivity contribution in [2.24, 2.45) is 5.92 Å². The standard InChI is InChI=1S/C17H25NO3/c19-10-17(15-5-2-7-20-12-15)18-9-13-3-1-4-14-11-21-8-6-16(13)14/h1,3-4,15,17-19H,2,5-12H2. The molecule has 2 heterocycles. The maximum absolute atomic E-state index is 9.66. The Hall–Kier alpha value is -0.940. The van der Waals surface area contributed by atoms with E-state index >= 15 is 0 Å². The van der Waals surface area contributed by atoms with Crippen molar-refractivity contribution >= 4 is 0 Å². The van der Waals surface area contributed by atoms with Crippen molar-refractivity contribution in [2.75, 3.05) is 26.4 Å². The van der Waals surface area contributed by atoms with Crippen molar-refractivity contribution in [1.29, 1.82) is 0 Å². The van der Waals surface area contributed by atoms with Crippen LogP contribution < -0.4 is 5.32 Å². The van der Waals surface area contributed by atoms with E-state index in [0.29, 0.717) is 5.92 Å². The Morgan fingerprint density at radius 2 is 2.24 bits per heavy atom. The highest BCUT2D eigenvalue weighted by molar-refractivity contribution is 5.36. The third-order valence-corrected chi connectivity index (χ3v) is 4.64. The second-order valence-electron chi connectivity index (χ2n) is 6.00. The first-order valence-electron chi connectivity index (χ1n) is 7.98. The summed E-state index contributed by atoms with van der Waals surface area (Å²) in [5.41, 5.74) is 4.07. The summed E-state index contributed by atoms with van der Waals surface area (Å²) in [4.78, 5) is 0. The molecule has 116 valence electrons. The topological polar surface area (TPSA) is 50.7 Å². The van der Waals surface area contributed by atoms with Crippen LogP contribution in [0.15, 0.2) is 18.2 Å². The summed E-state index contributed by atoms with van der Waals surface area (Å²) in [5.74, 6) is 0.423. The zero-order chi connectivity index (χ0) is 14.5. The molecule has 2 N–H and O–H groups in total. The molecule has 3 rings (SSSR count). The summed E-state index contributed by atoms with van der Waals surface area (Å²) >= 11 is 0. The zero-order valence-corrected chi connectivity index (χ0v) is 12.5. The summed E-state index contributed by atoms with van der Waals surface area (Å²) in [6.45, 7) is 4.14. The van der Waals surface area contributed by atoms with E-state index in [2.05, 4.69) is 23.5 Å². The minimum Gasteiger partial charge on any atom is -0.395 e. The molecule has 0 radical (unpaired) electrons. The molecule has 1 aromatic carbocycles. The van der Waals surface area contributed by atoms with Gasteiger partial charge in [-0.1, -0.05) is 18.2 Å². The molecule has 0 aromatic heterocycles. The SMILES string of the molecule is OCC(NCc1cccc2c1CCOC2)C1CCCOC1. The van der Waals surface area contributed by atoms with Crippen LogP contribution in [0, 0.1) is 5.92 Å². The van der Waals surface area contributed by atoms with Gasteiger partial charge in [-0.25, -0.2) is 0 Å². The van der Waals surface area contributed by atoms with E-state index in [1.165, 1.54) is 16.7 Å². The lowest BCUT2D eigenvalue weighted by atomic mass is 9.93. The molecule has 2 aliphatic heterocycles. The molecule has 0 bridgehead atoms. The first-order chi connectivity index (χ1) is 10.4. The van der Waals surface area contributed by atoms with Crippen LogP contribution in [0.5, 0.6) is 0 Å². The second-order valence-corrected chi connectivity index (χ2v) is 6.00. The van der Waals surface area contributed by atoms with Gasteiger partial charge in [-0.05, 0) is 41.9 Å². The average Bonchev–Trinajstić information content (AvgIpc) is 2.56. The highest BCUT2D eigenvalue weighted by Gasteiger charge is 2.23. The van der Waals surface area contributed by atoms with Gasteiger partial charge in [-0.2, -0.15) is 0 Å². The number of rotatable bonds is 5. The third-order valence-electron chi connectivity index (χ3n) is 4.64. The highest BCUT2D eigenvalue weighted by atomic mass is 16.5. The lowest BCUT2D eigenvalue weighted by molar-refractivity contribution is 0.0279. The summed E-state index contributed by atoms with van der Waals surface area (Å²) in [5, 5.41) is 13.2. The molecule has 21 heavy (non-hydrogen) atoms. The van der Waals surface area contributed by atoms with Gasteiger partial charge in [-0.3, -0.25) is 0 Å². The van der Waals surface area contributed by atoms with Gasteiger partial charge in [-0.15, -0.1) is 0 Å². The Labute approximate surface area is 126 Å². The Kier molecular flexibility index (Phi) is 5.25. The van der Waals surface area contributed by atoms with E-state index in [0.717, 1.165) is 52.2 Å². The number of benzene rings is 1. The van der Waals surface area contributed by atoms with Crippen LogP contribution in [0.25, 0.3) is 0 Å².